The second kappa shape index (κ2) is 8.31. The molecule has 0 radical (unpaired) electrons. The molecular weight excluding hydrogens is 234 g/mol. The molecule has 1 fully saturated rings. The van der Waals surface area contributed by atoms with Crippen LogP contribution in [0.5, 0.6) is 0 Å². The molecule has 0 unspecified atom stereocenters. The van der Waals surface area contributed by atoms with Crippen LogP contribution in [0.2, 0.25) is 0 Å². The predicted molar refractivity (Wildman–Crippen MR) is 81.5 cm³/mol. The number of nitrogens with one attached hydrogen (secondary N) is 2. The van der Waals surface area contributed by atoms with Gasteiger partial charge in [0.15, 0.2) is 0 Å². The highest BCUT2D eigenvalue weighted by Gasteiger charge is 2.09. The molecule has 2 N–H and O–H groups in total. The average Bonchev–Trinajstić information content (AvgIpc) is 2.47. The zero-order chi connectivity index (χ0) is 13.3. The van der Waals surface area contributed by atoms with Gasteiger partial charge in [0.1, 0.15) is 0 Å². The largest absolute Gasteiger partial charge is 0.314 e. The molecule has 3 nitrogen and oxygen atoms in total. The number of nitrogens with zero attached hydrogens (tertiary/aromatic N) is 1. The molecule has 0 aromatic heterocycles. The molecule has 1 heterocycles. The van der Waals surface area contributed by atoms with E-state index in [-0.39, 0.29) is 0 Å². The molecule has 1 aliphatic rings. The Bertz CT molecular complexity index is 333. The zero-order valence-electron chi connectivity index (χ0n) is 12.1. The van der Waals surface area contributed by atoms with Gasteiger partial charge in [-0.25, -0.2) is 0 Å². The molecule has 1 aromatic rings. The van der Waals surface area contributed by atoms with E-state index >= 15 is 0 Å². The molecule has 0 aliphatic carbocycles. The Balaban J connectivity index is 1.55. The molecule has 3 heteroatoms. The Morgan fingerprint density at radius 1 is 1.21 bits per heavy atom. The summed E-state index contributed by atoms with van der Waals surface area (Å²) in [7, 11) is 0. The van der Waals surface area contributed by atoms with Gasteiger partial charge in [0, 0.05) is 45.3 Å². The van der Waals surface area contributed by atoms with Crippen LogP contribution < -0.4 is 10.6 Å². The lowest BCUT2D eigenvalue weighted by Gasteiger charge is -2.27. The maximum atomic E-state index is 3.64. The minimum Gasteiger partial charge on any atom is -0.314 e. The van der Waals surface area contributed by atoms with Crippen LogP contribution in [-0.4, -0.2) is 50.2 Å². The van der Waals surface area contributed by atoms with Gasteiger partial charge in [-0.3, -0.25) is 4.90 Å². The van der Waals surface area contributed by atoms with Crippen LogP contribution in [0.25, 0.3) is 0 Å². The maximum absolute atomic E-state index is 3.64. The van der Waals surface area contributed by atoms with Crippen molar-refractivity contribution < 1.29 is 0 Å². The molecule has 106 valence electrons. The number of piperazine rings is 1. The first-order valence-electron chi connectivity index (χ1n) is 7.55. The molecule has 0 saturated carbocycles. The van der Waals surface area contributed by atoms with Gasteiger partial charge >= 0.3 is 0 Å². The summed E-state index contributed by atoms with van der Waals surface area (Å²) in [6, 6.07) is 11.4. The first kappa shape index (κ1) is 14.5. The van der Waals surface area contributed by atoms with E-state index in [9.17, 15) is 0 Å². The molecule has 19 heavy (non-hydrogen) atoms. The van der Waals surface area contributed by atoms with Crippen LogP contribution in [0, 0.1) is 0 Å². The molecule has 0 bridgehead atoms. The summed E-state index contributed by atoms with van der Waals surface area (Å²) >= 11 is 0. The number of benzene rings is 1. The topological polar surface area (TPSA) is 27.3 Å². The molecule has 0 spiro atoms. The standard InChI is InChI=1S/C16H27N3/c1-15(7-8-16-5-3-2-4-6-16)18-11-14-19-12-9-17-10-13-19/h2-6,15,17-18H,7-14H2,1H3/t15-/m1/s1. The summed E-state index contributed by atoms with van der Waals surface area (Å²) in [5.41, 5.74) is 1.44. The Labute approximate surface area is 117 Å². The quantitative estimate of drug-likeness (QED) is 0.779. The monoisotopic (exact) mass is 261 g/mol. The highest BCUT2D eigenvalue weighted by molar-refractivity contribution is 5.14. The van der Waals surface area contributed by atoms with Crippen LogP contribution in [0.4, 0.5) is 0 Å². The van der Waals surface area contributed by atoms with Crippen molar-refractivity contribution in [2.24, 2.45) is 0 Å². The van der Waals surface area contributed by atoms with Gasteiger partial charge in [-0.05, 0) is 25.3 Å². The van der Waals surface area contributed by atoms with E-state index in [1.165, 1.54) is 38.0 Å². The minimum atomic E-state index is 0.600. The van der Waals surface area contributed by atoms with Crippen molar-refractivity contribution in [3.63, 3.8) is 0 Å². The van der Waals surface area contributed by atoms with Gasteiger partial charge in [0.05, 0.1) is 0 Å². The Kier molecular flexibility index (Phi) is 6.34. The van der Waals surface area contributed by atoms with E-state index in [0.717, 1.165) is 19.6 Å². The van der Waals surface area contributed by atoms with E-state index in [0.29, 0.717) is 6.04 Å². The zero-order valence-corrected chi connectivity index (χ0v) is 12.1. The molecule has 0 amide bonds. The minimum absolute atomic E-state index is 0.600. The average molecular weight is 261 g/mol. The van der Waals surface area contributed by atoms with Crippen LogP contribution in [0.1, 0.15) is 18.9 Å². The van der Waals surface area contributed by atoms with Crippen molar-refractivity contribution in [3.8, 4) is 0 Å². The fourth-order valence-electron chi connectivity index (χ4n) is 2.53. The molecule has 1 aliphatic heterocycles. The maximum Gasteiger partial charge on any atom is 0.0108 e. The second-order valence-corrected chi connectivity index (χ2v) is 5.47. The molecule has 1 aromatic carbocycles. The van der Waals surface area contributed by atoms with Gasteiger partial charge < -0.3 is 10.6 Å². The lowest BCUT2D eigenvalue weighted by atomic mass is 10.1. The summed E-state index contributed by atoms with van der Waals surface area (Å²) in [6.07, 6.45) is 2.38. The predicted octanol–water partition coefficient (Wildman–Crippen LogP) is 1.50. The normalized spacial score (nSPS) is 18.4. The third-order valence-corrected chi connectivity index (χ3v) is 3.84. The first-order chi connectivity index (χ1) is 9.34. The Morgan fingerprint density at radius 3 is 2.68 bits per heavy atom. The highest BCUT2D eigenvalue weighted by atomic mass is 15.2. The summed E-state index contributed by atoms with van der Waals surface area (Å²) in [4.78, 5) is 2.54. The third kappa shape index (κ3) is 5.72. The second-order valence-electron chi connectivity index (χ2n) is 5.47. The summed E-state index contributed by atoms with van der Waals surface area (Å²) in [5.74, 6) is 0. The Morgan fingerprint density at radius 2 is 1.95 bits per heavy atom. The summed E-state index contributed by atoms with van der Waals surface area (Å²) in [6.45, 7) is 9.25. The van der Waals surface area contributed by atoms with Gasteiger partial charge in [-0.1, -0.05) is 30.3 Å². The van der Waals surface area contributed by atoms with E-state index < -0.39 is 0 Å². The van der Waals surface area contributed by atoms with Crippen LogP contribution in [0.15, 0.2) is 30.3 Å². The van der Waals surface area contributed by atoms with Crippen LogP contribution in [0.3, 0.4) is 0 Å². The molecular formula is C16H27N3. The first-order valence-corrected chi connectivity index (χ1v) is 7.55. The summed E-state index contributed by atoms with van der Waals surface area (Å²) in [5, 5.41) is 7.03. The van der Waals surface area contributed by atoms with Gasteiger partial charge in [0.2, 0.25) is 0 Å². The van der Waals surface area contributed by atoms with Gasteiger partial charge in [-0.2, -0.15) is 0 Å². The lowest BCUT2D eigenvalue weighted by molar-refractivity contribution is 0.238. The van der Waals surface area contributed by atoms with Crippen molar-refractivity contribution in [2.45, 2.75) is 25.8 Å². The van der Waals surface area contributed by atoms with Crippen molar-refractivity contribution in [3.05, 3.63) is 35.9 Å². The van der Waals surface area contributed by atoms with E-state index in [2.05, 4.69) is 52.8 Å². The summed E-state index contributed by atoms with van der Waals surface area (Å²) < 4.78 is 0. The van der Waals surface area contributed by atoms with E-state index in [1.54, 1.807) is 0 Å². The third-order valence-electron chi connectivity index (χ3n) is 3.84. The molecule has 1 atom stereocenters. The van der Waals surface area contributed by atoms with Crippen LogP contribution in [-0.2, 0) is 6.42 Å². The lowest BCUT2D eigenvalue weighted by Crippen LogP contribution is -2.46. The number of hydrogen-bond donors (Lipinski definition) is 2. The van der Waals surface area contributed by atoms with Gasteiger partial charge in [0.25, 0.3) is 0 Å². The van der Waals surface area contributed by atoms with Crippen LogP contribution >= 0.6 is 0 Å². The van der Waals surface area contributed by atoms with E-state index in [4.69, 9.17) is 0 Å². The highest BCUT2D eigenvalue weighted by Crippen LogP contribution is 2.04. The number of hydrogen-bond acceptors (Lipinski definition) is 3. The van der Waals surface area contributed by atoms with Crippen molar-refractivity contribution in [1.82, 2.24) is 15.5 Å². The van der Waals surface area contributed by atoms with Crippen molar-refractivity contribution in [1.29, 1.82) is 0 Å². The van der Waals surface area contributed by atoms with E-state index in [1.807, 2.05) is 0 Å². The van der Waals surface area contributed by atoms with Crippen molar-refractivity contribution >= 4 is 0 Å². The van der Waals surface area contributed by atoms with Gasteiger partial charge in [-0.15, -0.1) is 0 Å². The Hall–Kier alpha value is -0.900. The molecule has 2 rings (SSSR count). The fraction of sp³-hybridized carbons (Fsp3) is 0.625. The fourth-order valence-corrected chi connectivity index (χ4v) is 2.53. The smallest absolute Gasteiger partial charge is 0.0108 e. The number of aryl methyl sites for hydroxylation is 1. The number of rotatable bonds is 7. The molecule has 1 saturated heterocycles. The SMILES string of the molecule is C[C@H](CCc1ccccc1)NCCN1CCNCC1. The van der Waals surface area contributed by atoms with Crippen molar-refractivity contribution in [2.75, 3.05) is 39.3 Å².